The second kappa shape index (κ2) is 4.72. The van der Waals surface area contributed by atoms with Crippen molar-refractivity contribution in [2.45, 2.75) is 19.8 Å². The van der Waals surface area contributed by atoms with E-state index in [1.54, 1.807) is 6.20 Å². The van der Waals surface area contributed by atoms with Crippen molar-refractivity contribution in [2.24, 2.45) is 5.92 Å². The van der Waals surface area contributed by atoms with E-state index >= 15 is 0 Å². The number of aryl methyl sites for hydroxylation is 1. The van der Waals surface area contributed by atoms with Gasteiger partial charge in [-0.3, -0.25) is 4.79 Å². The predicted octanol–water partition coefficient (Wildman–Crippen LogP) is 1.39. The molecule has 15 heavy (non-hydrogen) atoms. The summed E-state index contributed by atoms with van der Waals surface area (Å²) in [7, 11) is 0. The number of aromatic nitrogens is 1. The summed E-state index contributed by atoms with van der Waals surface area (Å²) in [4.78, 5) is 17.0. The van der Waals surface area contributed by atoms with Crippen LogP contribution in [0.2, 0.25) is 0 Å². The van der Waals surface area contributed by atoms with E-state index < -0.39 is 0 Å². The fourth-order valence-electron chi connectivity index (χ4n) is 1.70. The second-order valence-corrected chi connectivity index (χ2v) is 5.04. The highest BCUT2D eigenvalue weighted by Crippen LogP contribution is 2.18. The Morgan fingerprint density at radius 1 is 1.73 bits per heavy atom. The zero-order valence-corrected chi connectivity index (χ0v) is 9.56. The van der Waals surface area contributed by atoms with E-state index in [-0.39, 0.29) is 11.8 Å². The van der Waals surface area contributed by atoms with Gasteiger partial charge in [-0.25, -0.2) is 4.98 Å². The predicted molar refractivity (Wildman–Crippen MR) is 61.1 cm³/mol. The Morgan fingerprint density at radius 2 is 2.60 bits per heavy atom. The molecule has 0 aliphatic carbocycles. The molecule has 2 rings (SSSR count). The molecule has 1 aromatic heterocycles. The van der Waals surface area contributed by atoms with Crippen molar-refractivity contribution in [3.05, 3.63) is 11.1 Å². The maximum atomic E-state index is 11.8. The highest BCUT2D eigenvalue weighted by atomic mass is 32.1. The SMILES string of the molecule is Cc1cnc(NC(=O)[C@@H]2CCCNC2)s1. The summed E-state index contributed by atoms with van der Waals surface area (Å²) >= 11 is 1.52. The summed E-state index contributed by atoms with van der Waals surface area (Å²) in [6.45, 7) is 3.80. The van der Waals surface area contributed by atoms with Gasteiger partial charge in [0, 0.05) is 17.6 Å². The molecule has 0 bridgehead atoms. The number of hydrogen-bond acceptors (Lipinski definition) is 4. The van der Waals surface area contributed by atoms with E-state index in [1.165, 1.54) is 11.3 Å². The van der Waals surface area contributed by atoms with Gasteiger partial charge in [0.05, 0.1) is 5.92 Å². The summed E-state index contributed by atoms with van der Waals surface area (Å²) in [6, 6.07) is 0. The largest absolute Gasteiger partial charge is 0.316 e. The number of piperidine rings is 1. The first kappa shape index (κ1) is 10.6. The molecule has 1 saturated heterocycles. The number of anilines is 1. The van der Waals surface area contributed by atoms with Gasteiger partial charge in [-0.1, -0.05) is 0 Å². The van der Waals surface area contributed by atoms with Gasteiger partial charge >= 0.3 is 0 Å². The van der Waals surface area contributed by atoms with Crippen LogP contribution in [0.3, 0.4) is 0 Å². The maximum absolute atomic E-state index is 11.8. The van der Waals surface area contributed by atoms with E-state index in [0.717, 1.165) is 30.8 Å². The van der Waals surface area contributed by atoms with Crippen LogP contribution in [-0.2, 0) is 4.79 Å². The Morgan fingerprint density at radius 3 is 3.20 bits per heavy atom. The molecule has 1 aromatic rings. The molecule has 1 amide bonds. The highest BCUT2D eigenvalue weighted by Gasteiger charge is 2.21. The highest BCUT2D eigenvalue weighted by molar-refractivity contribution is 7.15. The monoisotopic (exact) mass is 225 g/mol. The number of nitrogens with one attached hydrogen (secondary N) is 2. The molecule has 5 heteroatoms. The Kier molecular flexibility index (Phi) is 3.33. The minimum Gasteiger partial charge on any atom is -0.316 e. The van der Waals surface area contributed by atoms with Crippen LogP contribution < -0.4 is 10.6 Å². The lowest BCUT2D eigenvalue weighted by atomic mass is 9.99. The minimum atomic E-state index is 0.0940. The van der Waals surface area contributed by atoms with E-state index in [1.807, 2.05) is 6.92 Å². The Labute approximate surface area is 93.1 Å². The molecule has 1 aliphatic heterocycles. The van der Waals surface area contributed by atoms with Crippen molar-refractivity contribution in [3.63, 3.8) is 0 Å². The van der Waals surface area contributed by atoms with Crippen molar-refractivity contribution in [2.75, 3.05) is 18.4 Å². The molecule has 1 aliphatic rings. The van der Waals surface area contributed by atoms with E-state index in [0.29, 0.717) is 5.13 Å². The quantitative estimate of drug-likeness (QED) is 0.799. The second-order valence-electron chi connectivity index (χ2n) is 3.81. The third-order valence-electron chi connectivity index (χ3n) is 2.52. The average Bonchev–Trinajstić information content (AvgIpc) is 2.65. The topological polar surface area (TPSA) is 54.0 Å². The third kappa shape index (κ3) is 2.76. The van der Waals surface area contributed by atoms with Crippen LogP contribution in [0.25, 0.3) is 0 Å². The van der Waals surface area contributed by atoms with Gasteiger partial charge in [0.15, 0.2) is 5.13 Å². The first-order valence-electron chi connectivity index (χ1n) is 5.20. The van der Waals surface area contributed by atoms with Crippen LogP contribution in [-0.4, -0.2) is 24.0 Å². The molecular formula is C10H15N3OS. The van der Waals surface area contributed by atoms with Gasteiger partial charge in [0.25, 0.3) is 0 Å². The van der Waals surface area contributed by atoms with Crippen molar-refractivity contribution in [1.82, 2.24) is 10.3 Å². The van der Waals surface area contributed by atoms with E-state index in [2.05, 4.69) is 15.6 Å². The number of carbonyl (C=O) groups is 1. The Bertz CT molecular complexity index is 344. The molecule has 0 spiro atoms. The van der Waals surface area contributed by atoms with Crippen molar-refractivity contribution < 1.29 is 4.79 Å². The Balaban J connectivity index is 1.91. The number of nitrogens with zero attached hydrogens (tertiary/aromatic N) is 1. The first-order chi connectivity index (χ1) is 7.25. The fourth-order valence-corrected chi connectivity index (χ4v) is 2.36. The van der Waals surface area contributed by atoms with Gasteiger partial charge in [0.2, 0.25) is 5.91 Å². The van der Waals surface area contributed by atoms with Crippen LogP contribution in [0.4, 0.5) is 5.13 Å². The van der Waals surface area contributed by atoms with Gasteiger partial charge in [-0.2, -0.15) is 0 Å². The summed E-state index contributed by atoms with van der Waals surface area (Å²) in [5.74, 6) is 0.194. The van der Waals surface area contributed by atoms with E-state index in [4.69, 9.17) is 0 Å². The summed E-state index contributed by atoms with van der Waals surface area (Å²) < 4.78 is 0. The van der Waals surface area contributed by atoms with Gasteiger partial charge in [-0.15, -0.1) is 11.3 Å². The smallest absolute Gasteiger partial charge is 0.230 e. The lowest BCUT2D eigenvalue weighted by Gasteiger charge is -2.21. The molecule has 0 aromatic carbocycles. The van der Waals surface area contributed by atoms with Gasteiger partial charge in [-0.05, 0) is 26.3 Å². The lowest BCUT2D eigenvalue weighted by molar-refractivity contribution is -0.120. The third-order valence-corrected chi connectivity index (χ3v) is 3.35. The van der Waals surface area contributed by atoms with Gasteiger partial charge < -0.3 is 10.6 Å². The van der Waals surface area contributed by atoms with Crippen LogP contribution >= 0.6 is 11.3 Å². The summed E-state index contributed by atoms with van der Waals surface area (Å²) in [6.07, 6.45) is 3.83. The molecular weight excluding hydrogens is 210 g/mol. The molecule has 4 nitrogen and oxygen atoms in total. The number of amides is 1. The molecule has 1 fully saturated rings. The van der Waals surface area contributed by atoms with Crippen molar-refractivity contribution in [3.8, 4) is 0 Å². The molecule has 0 unspecified atom stereocenters. The number of carbonyl (C=O) groups excluding carboxylic acids is 1. The van der Waals surface area contributed by atoms with Crippen LogP contribution in [0.1, 0.15) is 17.7 Å². The molecule has 0 radical (unpaired) electrons. The first-order valence-corrected chi connectivity index (χ1v) is 6.01. The van der Waals surface area contributed by atoms with Crippen LogP contribution in [0, 0.1) is 12.8 Å². The van der Waals surface area contributed by atoms with E-state index in [9.17, 15) is 4.79 Å². The molecule has 2 heterocycles. The molecule has 2 N–H and O–H groups in total. The summed E-state index contributed by atoms with van der Waals surface area (Å²) in [5, 5.41) is 6.80. The van der Waals surface area contributed by atoms with Gasteiger partial charge in [0.1, 0.15) is 0 Å². The summed E-state index contributed by atoms with van der Waals surface area (Å²) in [5.41, 5.74) is 0. The maximum Gasteiger partial charge on any atom is 0.230 e. The van der Waals surface area contributed by atoms with Crippen molar-refractivity contribution >= 4 is 22.4 Å². The minimum absolute atomic E-state index is 0.0940. The molecule has 0 saturated carbocycles. The lowest BCUT2D eigenvalue weighted by Crippen LogP contribution is -2.37. The fraction of sp³-hybridized carbons (Fsp3) is 0.600. The van der Waals surface area contributed by atoms with Crippen molar-refractivity contribution in [1.29, 1.82) is 0 Å². The number of rotatable bonds is 2. The molecule has 1 atom stereocenters. The zero-order chi connectivity index (χ0) is 10.7. The molecule has 82 valence electrons. The number of thiazole rings is 1. The average molecular weight is 225 g/mol. The van der Waals surface area contributed by atoms with Crippen LogP contribution in [0.5, 0.6) is 0 Å². The number of hydrogen-bond donors (Lipinski definition) is 2. The standard InChI is InChI=1S/C10H15N3OS/c1-7-5-12-10(15-7)13-9(14)8-3-2-4-11-6-8/h5,8,11H,2-4,6H2,1H3,(H,12,13,14)/t8-/m1/s1. The normalized spacial score (nSPS) is 21.3. The van der Waals surface area contributed by atoms with Crippen LogP contribution in [0.15, 0.2) is 6.20 Å². The Hall–Kier alpha value is -0.940. The zero-order valence-electron chi connectivity index (χ0n) is 8.75.